The zero-order valence-corrected chi connectivity index (χ0v) is 24.2. The fourth-order valence-electron chi connectivity index (χ4n) is 5.60. The summed E-state index contributed by atoms with van der Waals surface area (Å²) in [5.74, 6) is 0.466. The van der Waals surface area contributed by atoms with E-state index in [0.717, 1.165) is 26.9 Å². The minimum absolute atomic E-state index is 0.466. The van der Waals surface area contributed by atoms with Crippen LogP contribution in [0.5, 0.6) is 5.75 Å². The van der Waals surface area contributed by atoms with Gasteiger partial charge in [-0.25, -0.2) is 0 Å². The van der Waals surface area contributed by atoms with Crippen LogP contribution in [0.2, 0.25) is 0 Å². The molecule has 0 heterocycles. The number of benzene rings is 7. The van der Waals surface area contributed by atoms with Gasteiger partial charge in [0.15, 0.2) is 0 Å². The summed E-state index contributed by atoms with van der Waals surface area (Å²) in [5.41, 5.74) is 0. The van der Waals surface area contributed by atoms with Gasteiger partial charge in [0.25, 0.3) is 0 Å². The first-order valence-electron chi connectivity index (χ1n) is 13.9. The Kier molecular flexibility index (Phi) is 8.03. The van der Waals surface area contributed by atoms with Crippen molar-refractivity contribution in [1.29, 1.82) is 0 Å². The monoisotopic (exact) mass is 565 g/mol. The average Bonchev–Trinajstić information content (AvgIpc) is 3.04. The minimum atomic E-state index is -1.83. The third-order valence-corrected chi connectivity index (χ3v) is 11.7. The lowest BCUT2D eigenvalue weighted by Gasteiger charge is -2.22. The van der Waals surface area contributed by atoms with Crippen LogP contribution in [-0.2, 0) is 0 Å². The Labute approximate surface area is 247 Å². The van der Waals surface area contributed by atoms with Crippen molar-refractivity contribution in [2.75, 3.05) is 6.66 Å². The Morgan fingerprint density at radius 3 is 1.45 bits per heavy atom. The van der Waals surface area contributed by atoms with Crippen LogP contribution in [0.15, 0.2) is 158 Å². The van der Waals surface area contributed by atoms with Crippen LogP contribution in [-0.4, -0.2) is 24.0 Å². The van der Waals surface area contributed by atoms with Crippen LogP contribution >= 0.6 is 7.26 Å². The van der Waals surface area contributed by atoms with E-state index in [9.17, 15) is 0 Å². The predicted molar refractivity (Wildman–Crippen MR) is 181 cm³/mol. The van der Waals surface area contributed by atoms with Gasteiger partial charge < -0.3 is 14.7 Å². The highest BCUT2D eigenvalue weighted by molar-refractivity contribution is 7.95. The van der Waals surface area contributed by atoms with Gasteiger partial charge in [-0.2, -0.15) is 0 Å². The second kappa shape index (κ2) is 12.2. The fourth-order valence-corrected chi connectivity index (χ4v) is 8.80. The minimum Gasteiger partial charge on any atom is -0.511 e. The molecule has 0 spiro atoms. The predicted octanol–water partition coefficient (Wildman–Crippen LogP) is 7.10. The third-order valence-electron chi connectivity index (χ3n) is 7.74. The van der Waals surface area contributed by atoms with Crippen molar-refractivity contribution in [1.82, 2.24) is 0 Å². The lowest BCUT2D eigenvalue weighted by atomic mass is 9.97. The molecule has 0 aliphatic heterocycles. The van der Waals surface area contributed by atoms with E-state index < -0.39 is 14.6 Å². The van der Waals surface area contributed by atoms with Gasteiger partial charge in [-0.3, -0.25) is 0 Å². The Morgan fingerprint density at radius 1 is 0.476 bits per heavy atom. The summed E-state index contributed by atoms with van der Waals surface area (Å²) in [6, 6.07) is 54.7. The normalized spacial score (nSPS) is 11.2. The van der Waals surface area contributed by atoms with Crippen LogP contribution < -0.4 is 20.6 Å². The number of hydrogen-bond donors (Lipinski definition) is 2. The molecule has 7 aromatic carbocycles. The summed E-state index contributed by atoms with van der Waals surface area (Å²) < 4.78 is 5.16. The topological polar surface area (TPSA) is 49.7 Å². The molecule has 3 nitrogen and oxygen atoms in total. The van der Waals surface area contributed by atoms with E-state index in [0.29, 0.717) is 5.75 Å². The molecule has 0 fully saturated rings. The molecule has 0 unspecified atom stereocenters. The van der Waals surface area contributed by atoms with Crippen molar-refractivity contribution < 1.29 is 14.7 Å². The first-order chi connectivity index (χ1) is 20.5. The highest BCUT2D eigenvalue weighted by atomic mass is 31.2. The molecule has 7 rings (SSSR count). The molecule has 0 saturated heterocycles. The molecular weight excluding hydrogens is 534 g/mol. The van der Waals surface area contributed by atoms with Crippen molar-refractivity contribution in [3.63, 3.8) is 0 Å². The van der Waals surface area contributed by atoms with Crippen LogP contribution in [0.3, 0.4) is 0 Å². The Bertz CT molecular complexity index is 1850. The zero-order chi connectivity index (χ0) is 28.9. The van der Waals surface area contributed by atoms with E-state index >= 15 is 0 Å². The van der Waals surface area contributed by atoms with Gasteiger partial charge in [-0.15, -0.1) is 0 Å². The smallest absolute Gasteiger partial charge is 0.511 e. The van der Waals surface area contributed by atoms with Crippen molar-refractivity contribution >= 4 is 62.8 Å². The number of fused-ring (bicyclic) bond motifs is 4. The Morgan fingerprint density at radius 2 is 0.929 bits per heavy atom. The maximum Gasteiger partial charge on any atom is 0.707 e. The molecule has 204 valence electrons. The highest BCUT2D eigenvalue weighted by Gasteiger charge is 2.39. The SMILES string of the molecule is C[P+](c1ccccc1)(c1ccccc1)c1ccccc1.OB(O)Oc1cccc2ccc3cc4ccccc4cc3c12. The van der Waals surface area contributed by atoms with Crippen molar-refractivity contribution in [3.05, 3.63) is 158 Å². The molecule has 0 amide bonds. The number of rotatable bonds is 5. The second-order valence-electron chi connectivity index (χ2n) is 10.3. The standard InChI is InChI=1S/C19H18P.C18H13BO3/c1-20(17-11-5-2-6-12-17,18-13-7-3-8-14-18)19-15-9-4-10-16-19;20-19(21)22-17-7-3-6-12-8-9-15-10-13-4-1-2-5-14(13)11-16(15)18(12)17/h2-16H,1H3;1-11,20-21H/q+1;. The molecule has 0 saturated carbocycles. The molecule has 5 heteroatoms. The van der Waals surface area contributed by atoms with Crippen molar-refractivity contribution in [2.24, 2.45) is 0 Å². The van der Waals surface area contributed by atoms with Crippen LogP contribution in [0.25, 0.3) is 32.3 Å². The van der Waals surface area contributed by atoms with Gasteiger partial charge in [-0.1, -0.05) is 103 Å². The maximum absolute atomic E-state index is 9.14. The molecule has 42 heavy (non-hydrogen) atoms. The Hall–Kier alpha value is -4.47. The first-order valence-corrected chi connectivity index (χ1v) is 16.2. The maximum atomic E-state index is 9.14. The molecule has 0 radical (unpaired) electrons. The van der Waals surface area contributed by atoms with Crippen LogP contribution in [0.4, 0.5) is 0 Å². The lowest BCUT2D eigenvalue weighted by molar-refractivity contribution is 0.289. The van der Waals surface area contributed by atoms with Gasteiger partial charge in [0, 0.05) is 5.39 Å². The van der Waals surface area contributed by atoms with Crippen LogP contribution in [0.1, 0.15) is 0 Å². The largest absolute Gasteiger partial charge is 0.707 e. The Balaban J connectivity index is 0.000000151. The molecule has 0 aliphatic carbocycles. The van der Waals surface area contributed by atoms with Gasteiger partial charge >= 0.3 is 7.32 Å². The van der Waals surface area contributed by atoms with E-state index in [1.807, 2.05) is 30.3 Å². The highest BCUT2D eigenvalue weighted by Crippen LogP contribution is 2.51. The van der Waals surface area contributed by atoms with Crippen molar-refractivity contribution in [3.8, 4) is 5.75 Å². The van der Waals surface area contributed by atoms with Gasteiger partial charge in [0.05, 0.1) is 6.66 Å². The second-order valence-corrected chi connectivity index (χ2v) is 13.9. The summed E-state index contributed by atoms with van der Waals surface area (Å²) in [6.07, 6.45) is 0. The summed E-state index contributed by atoms with van der Waals surface area (Å²) in [6.45, 7) is 2.41. The molecule has 0 atom stereocenters. The van der Waals surface area contributed by atoms with E-state index in [-0.39, 0.29) is 0 Å². The van der Waals surface area contributed by atoms with E-state index in [1.165, 1.54) is 21.3 Å². The van der Waals surface area contributed by atoms with E-state index in [2.05, 4.69) is 128 Å². The summed E-state index contributed by atoms with van der Waals surface area (Å²) in [7, 11) is -3.36. The summed E-state index contributed by atoms with van der Waals surface area (Å²) >= 11 is 0. The zero-order valence-electron chi connectivity index (χ0n) is 23.3. The van der Waals surface area contributed by atoms with E-state index in [1.54, 1.807) is 6.07 Å². The summed E-state index contributed by atoms with van der Waals surface area (Å²) in [5, 5.41) is 28.9. The van der Waals surface area contributed by atoms with Gasteiger partial charge in [0.1, 0.15) is 28.9 Å². The lowest BCUT2D eigenvalue weighted by Crippen LogP contribution is -2.30. The molecular formula is C37H31BO3P+. The molecule has 0 aromatic heterocycles. The molecule has 7 aromatic rings. The van der Waals surface area contributed by atoms with Gasteiger partial charge in [-0.05, 0) is 81.5 Å². The van der Waals surface area contributed by atoms with Gasteiger partial charge in [0.2, 0.25) is 0 Å². The quantitative estimate of drug-likeness (QED) is 0.101. The molecule has 2 N–H and O–H groups in total. The number of hydrogen-bond acceptors (Lipinski definition) is 3. The fraction of sp³-hybridized carbons (Fsp3) is 0.0270. The third kappa shape index (κ3) is 5.53. The molecule has 0 aliphatic rings. The van der Waals surface area contributed by atoms with Crippen LogP contribution in [0, 0.1) is 0 Å². The van der Waals surface area contributed by atoms with E-state index in [4.69, 9.17) is 14.7 Å². The first kappa shape index (κ1) is 27.7. The van der Waals surface area contributed by atoms with Crippen molar-refractivity contribution in [2.45, 2.75) is 0 Å². The molecule has 0 bridgehead atoms. The summed E-state index contributed by atoms with van der Waals surface area (Å²) in [4.78, 5) is 0. The average molecular weight is 565 g/mol.